The van der Waals surface area contributed by atoms with Crippen LogP contribution in [-0.4, -0.2) is 18.6 Å². The average molecular weight is 343 g/mol. The lowest BCUT2D eigenvalue weighted by atomic mass is 10.2. The normalized spacial score (nSPS) is 11.4. The van der Waals surface area contributed by atoms with E-state index >= 15 is 0 Å². The van der Waals surface area contributed by atoms with Gasteiger partial charge in [-0.15, -0.1) is 10.2 Å². The van der Waals surface area contributed by atoms with Gasteiger partial charge in [-0.2, -0.15) is 0 Å². The number of benzene rings is 2. The van der Waals surface area contributed by atoms with Crippen LogP contribution >= 0.6 is 0 Å². The highest BCUT2D eigenvalue weighted by molar-refractivity contribution is 7.91. The molecule has 1 heterocycles. The van der Waals surface area contributed by atoms with Gasteiger partial charge in [-0.1, -0.05) is 35.9 Å². The Morgan fingerprint density at radius 3 is 2.46 bits per heavy atom. The Kier molecular flexibility index (Phi) is 4.35. The van der Waals surface area contributed by atoms with E-state index in [2.05, 4.69) is 14.9 Å². The molecule has 0 aliphatic rings. The topological polar surface area (TPSA) is 85.1 Å². The van der Waals surface area contributed by atoms with Gasteiger partial charge in [0.1, 0.15) is 0 Å². The van der Waals surface area contributed by atoms with Crippen LogP contribution in [0, 0.1) is 13.8 Å². The van der Waals surface area contributed by atoms with Gasteiger partial charge in [-0.05, 0) is 30.7 Å². The van der Waals surface area contributed by atoms with Crippen LogP contribution in [0.25, 0.3) is 11.5 Å². The molecule has 0 aliphatic heterocycles. The molecule has 0 saturated heterocycles. The second-order valence-electron chi connectivity index (χ2n) is 5.55. The van der Waals surface area contributed by atoms with Gasteiger partial charge in [0.15, 0.2) is 0 Å². The van der Waals surface area contributed by atoms with Crippen molar-refractivity contribution < 1.29 is 12.8 Å². The zero-order valence-corrected chi connectivity index (χ0v) is 14.2. The van der Waals surface area contributed by atoms with Gasteiger partial charge < -0.3 is 4.42 Å². The Bertz CT molecular complexity index is 947. The first-order valence-corrected chi connectivity index (χ1v) is 9.03. The van der Waals surface area contributed by atoms with Gasteiger partial charge >= 0.3 is 0 Å². The molecule has 2 aromatic carbocycles. The highest BCUT2D eigenvalue weighted by Gasteiger charge is 2.13. The summed E-state index contributed by atoms with van der Waals surface area (Å²) in [6.07, 6.45) is 0. The molecule has 0 amide bonds. The molecular weight excluding hydrogens is 326 g/mol. The van der Waals surface area contributed by atoms with E-state index in [1.165, 1.54) is 0 Å². The zero-order chi connectivity index (χ0) is 17.2. The van der Waals surface area contributed by atoms with Crippen molar-refractivity contribution in [3.05, 3.63) is 65.5 Å². The van der Waals surface area contributed by atoms with Crippen molar-refractivity contribution in [2.75, 3.05) is 4.72 Å². The zero-order valence-electron chi connectivity index (χ0n) is 13.4. The highest BCUT2D eigenvalue weighted by Crippen LogP contribution is 2.22. The molecule has 3 aromatic rings. The summed E-state index contributed by atoms with van der Waals surface area (Å²) in [4.78, 5) is 0. The Labute approximate surface area is 140 Å². The number of nitrogens with zero attached hydrogens (tertiary/aromatic N) is 2. The number of rotatable bonds is 5. The van der Waals surface area contributed by atoms with Gasteiger partial charge in [-0.25, -0.2) is 8.42 Å². The number of sulfonamides is 1. The molecule has 1 aromatic heterocycles. The summed E-state index contributed by atoms with van der Waals surface area (Å²) in [6.45, 7) is 3.66. The molecule has 124 valence electrons. The summed E-state index contributed by atoms with van der Waals surface area (Å²) in [5.41, 5.74) is 2.94. The van der Waals surface area contributed by atoms with Crippen LogP contribution in [-0.2, 0) is 15.8 Å². The maximum Gasteiger partial charge on any atom is 0.247 e. The molecular formula is C17H17N3O3S. The lowest BCUT2D eigenvalue weighted by Gasteiger charge is -2.09. The SMILES string of the molecule is Cc1ccc(CS(=O)(=O)Nc2cccc(-c3nnc(C)o3)c2)cc1. The number of anilines is 1. The summed E-state index contributed by atoms with van der Waals surface area (Å²) < 4.78 is 32.6. The van der Waals surface area contributed by atoms with Crippen molar-refractivity contribution in [1.29, 1.82) is 0 Å². The number of hydrogen-bond acceptors (Lipinski definition) is 5. The Hall–Kier alpha value is -2.67. The van der Waals surface area contributed by atoms with Crippen molar-refractivity contribution in [2.24, 2.45) is 0 Å². The van der Waals surface area contributed by atoms with Crippen molar-refractivity contribution in [3.8, 4) is 11.5 Å². The second-order valence-corrected chi connectivity index (χ2v) is 7.28. The van der Waals surface area contributed by atoms with Crippen LogP contribution in [0.5, 0.6) is 0 Å². The molecule has 6 nitrogen and oxygen atoms in total. The first-order chi connectivity index (χ1) is 11.4. The first kappa shape index (κ1) is 16.2. The quantitative estimate of drug-likeness (QED) is 0.768. The predicted molar refractivity (Wildman–Crippen MR) is 91.9 cm³/mol. The molecule has 0 saturated carbocycles. The van der Waals surface area contributed by atoms with Crippen molar-refractivity contribution >= 4 is 15.7 Å². The van der Waals surface area contributed by atoms with Gasteiger partial charge in [-0.3, -0.25) is 4.72 Å². The molecule has 0 aliphatic carbocycles. The van der Waals surface area contributed by atoms with E-state index in [9.17, 15) is 8.42 Å². The summed E-state index contributed by atoms with van der Waals surface area (Å²) in [6, 6.07) is 14.3. The van der Waals surface area contributed by atoms with Crippen molar-refractivity contribution in [2.45, 2.75) is 19.6 Å². The van der Waals surface area contributed by atoms with Crippen molar-refractivity contribution in [3.63, 3.8) is 0 Å². The number of aryl methyl sites for hydroxylation is 2. The molecule has 3 rings (SSSR count). The lowest BCUT2D eigenvalue weighted by molar-refractivity contribution is 0.533. The largest absolute Gasteiger partial charge is 0.421 e. The van der Waals surface area contributed by atoms with Gasteiger partial charge in [0.05, 0.1) is 5.75 Å². The van der Waals surface area contributed by atoms with Crippen LogP contribution < -0.4 is 4.72 Å². The summed E-state index contributed by atoms with van der Waals surface area (Å²) in [7, 11) is -3.51. The van der Waals surface area contributed by atoms with Crippen LogP contribution in [0.2, 0.25) is 0 Å². The van der Waals surface area contributed by atoms with E-state index in [4.69, 9.17) is 4.42 Å². The molecule has 0 bridgehead atoms. The fraction of sp³-hybridized carbons (Fsp3) is 0.176. The minimum absolute atomic E-state index is 0.0861. The Morgan fingerprint density at radius 2 is 1.79 bits per heavy atom. The molecule has 0 radical (unpaired) electrons. The monoisotopic (exact) mass is 343 g/mol. The molecule has 1 N–H and O–H groups in total. The maximum atomic E-state index is 12.3. The van der Waals surface area contributed by atoms with Crippen LogP contribution in [0.1, 0.15) is 17.0 Å². The fourth-order valence-corrected chi connectivity index (χ4v) is 3.44. The maximum absolute atomic E-state index is 12.3. The summed E-state index contributed by atoms with van der Waals surface area (Å²) in [5, 5.41) is 7.71. The highest BCUT2D eigenvalue weighted by atomic mass is 32.2. The third kappa shape index (κ3) is 3.99. The third-order valence-corrected chi connectivity index (χ3v) is 4.65. The molecule has 0 spiro atoms. The van der Waals surface area contributed by atoms with Gasteiger partial charge in [0, 0.05) is 18.2 Å². The van der Waals surface area contributed by atoms with E-state index in [0.29, 0.717) is 23.0 Å². The van der Waals surface area contributed by atoms with Crippen LogP contribution in [0.15, 0.2) is 52.9 Å². The number of hydrogen-bond donors (Lipinski definition) is 1. The minimum atomic E-state index is -3.51. The first-order valence-electron chi connectivity index (χ1n) is 7.38. The Balaban J connectivity index is 1.78. The Morgan fingerprint density at radius 1 is 1.04 bits per heavy atom. The average Bonchev–Trinajstić information content (AvgIpc) is 2.96. The molecule has 0 atom stereocenters. The predicted octanol–water partition coefficient (Wildman–Crippen LogP) is 3.30. The van der Waals surface area contributed by atoms with Crippen LogP contribution in [0.4, 0.5) is 5.69 Å². The number of nitrogens with one attached hydrogen (secondary N) is 1. The molecule has 7 heteroatoms. The summed E-state index contributed by atoms with van der Waals surface area (Å²) >= 11 is 0. The minimum Gasteiger partial charge on any atom is -0.421 e. The second kappa shape index (κ2) is 6.45. The molecule has 24 heavy (non-hydrogen) atoms. The van der Waals surface area contributed by atoms with E-state index in [1.54, 1.807) is 31.2 Å². The van der Waals surface area contributed by atoms with Gasteiger partial charge in [0.2, 0.25) is 21.8 Å². The van der Waals surface area contributed by atoms with Crippen molar-refractivity contribution in [1.82, 2.24) is 10.2 Å². The molecule has 0 fully saturated rings. The summed E-state index contributed by atoms with van der Waals surface area (Å²) in [5.74, 6) is 0.722. The fourth-order valence-electron chi connectivity index (χ4n) is 2.25. The smallest absolute Gasteiger partial charge is 0.247 e. The van der Waals surface area contributed by atoms with E-state index < -0.39 is 10.0 Å². The van der Waals surface area contributed by atoms with E-state index in [-0.39, 0.29) is 5.75 Å². The standard InChI is InChI=1S/C17H17N3O3S/c1-12-6-8-14(9-7-12)11-24(21,22)20-16-5-3-4-15(10-16)17-19-18-13(2)23-17/h3-10,20H,11H2,1-2H3. The lowest BCUT2D eigenvalue weighted by Crippen LogP contribution is -2.15. The number of aromatic nitrogens is 2. The van der Waals surface area contributed by atoms with E-state index in [1.807, 2.05) is 31.2 Å². The van der Waals surface area contributed by atoms with Crippen LogP contribution in [0.3, 0.4) is 0 Å². The van der Waals surface area contributed by atoms with E-state index in [0.717, 1.165) is 11.1 Å². The molecule has 0 unspecified atom stereocenters. The van der Waals surface area contributed by atoms with Gasteiger partial charge in [0.25, 0.3) is 0 Å². The third-order valence-electron chi connectivity index (χ3n) is 3.39.